The Kier molecular flexibility index (Phi) is 5.44. The Bertz CT molecular complexity index is 261. The third-order valence-electron chi connectivity index (χ3n) is 2.26. The lowest BCUT2D eigenvalue weighted by Crippen LogP contribution is -2.44. The second kappa shape index (κ2) is 5.84. The van der Waals surface area contributed by atoms with Crippen molar-refractivity contribution in [3.05, 3.63) is 0 Å². The average Bonchev–Trinajstić information content (AvgIpc) is 2.10. The minimum atomic E-state index is -1.17. The summed E-state index contributed by atoms with van der Waals surface area (Å²) in [6, 6.07) is 0. The minimum Gasteiger partial charge on any atom is -0.481 e. The summed E-state index contributed by atoms with van der Waals surface area (Å²) in [7, 11) is 0. The largest absolute Gasteiger partial charge is 0.481 e. The molecule has 2 atom stereocenters. The van der Waals surface area contributed by atoms with E-state index in [1.807, 2.05) is 13.8 Å². The molecule has 0 radical (unpaired) electrons. The van der Waals surface area contributed by atoms with Gasteiger partial charge in [0.1, 0.15) is 5.92 Å². The molecule has 0 saturated carbocycles. The molecule has 0 aliphatic rings. The summed E-state index contributed by atoms with van der Waals surface area (Å²) in [5, 5.41) is 20.9. The minimum absolute atomic E-state index is 0.0711. The first-order valence-electron chi connectivity index (χ1n) is 5.38. The molecule has 0 fully saturated rings. The fourth-order valence-electron chi connectivity index (χ4n) is 1.49. The predicted octanol–water partition coefficient (Wildman–Crippen LogP) is 0.620. The molecule has 0 aromatic heterocycles. The Morgan fingerprint density at radius 2 is 1.81 bits per heavy atom. The second-order valence-electron chi connectivity index (χ2n) is 4.87. The van der Waals surface area contributed by atoms with Crippen LogP contribution in [0, 0.1) is 11.8 Å². The maximum Gasteiger partial charge on any atom is 0.315 e. The van der Waals surface area contributed by atoms with Gasteiger partial charge >= 0.3 is 5.97 Å². The van der Waals surface area contributed by atoms with E-state index in [0.29, 0.717) is 12.3 Å². The Hall–Kier alpha value is -1.10. The molecule has 3 N–H and O–H groups in total. The highest BCUT2D eigenvalue weighted by Crippen LogP contribution is 2.15. The molecule has 0 spiro atoms. The van der Waals surface area contributed by atoms with Crippen LogP contribution in [0.25, 0.3) is 0 Å². The van der Waals surface area contributed by atoms with Crippen LogP contribution in [0.2, 0.25) is 0 Å². The molecule has 1 amide bonds. The van der Waals surface area contributed by atoms with Crippen molar-refractivity contribution in [2.75, 3.05) is 6.54 Å². The topological polar surface area (TPSA) is 86.6 Å². The summed E-state index contributed by atoms with van der Waals surface area (Å²) in [6.45, 7) is 6.95. The van der Waals surface area contributed by atoms with Gasteiger partial charge in [-0.3, -0.25) is 9.59 Å². The Labute approximate surface area is 95.9 Å². The molecule has 0 saturated heterocycles. The van der Waals surface area contributed by atoms with Gasteiger partial charge in [-0.25, -0.2) is 0 Å². The third kappa shape index (κ3) is 5.70. The van der Waals surface area contributed by atoms with Gasteiger partial charge in [0.05, 0.1) is 5.60 Å². The zero-order valence-electron chi connectivity index (χ0n) is 10.3. The summed E-state index contributed by atoms with van der Waals surface area (Å²) in [6.07, 6.45) is 0.550. The summed E-state index contributed by atoms with van der Waals surface area (Å²) >= 11 is 0. The quantitative estimate of drug-likeness (QED) is 0.585. The van der Waals surface area contributed by atoms with Crippen molar-refractivity contribution >= 4 is 11.9 Å². The van der Waals surface area contributed by atoms with Crippen LogP contribution in [-0.2, 0) is 9.59 Å². The summed E-state index contributed by atoms with van der Waals surface area (Å²) < 4.78 is 0. The lowest BCUT2D eigenvalue weighted by Gasteiger charge is -2.25. The molecule has 0 aliphatic heterocycles. The van der Waals surface area contributed by atoms with Gasteiger partial charge in [0.15, 0.2) is 0 Å². The molecule has 5 heteroatoms. The van der Waals surface area contributed by atoms with E-state index in [-0.39, 0.29) is 6.54 Å². The maximum absolute atomic E-state index is 11.3. The molecule has 16 heavy (non-hydrogen) atoms. The van der Waals surface area contributed by atoms with Crippen molar-refractivity contribution < 1.29 is 19.8 Å². The Morgan fingerprint density at radius 3 is 2.19 bits per heavy atom. The van der Waals surface area contributed by atoms with Gasteiger partial charge < -0.3 is 15.5 Å². The number of carboxylic acid groups (broad SMARTS) is 1. The molecule has 0 aromatic carbocycles. The second-order valence-corrected chi connectivity index (χ2v) is 4.87. The van der Waals surface area contributed by atoms with E-state index >= 15 is 0 Å². The van der Waals surface area contributed by atoms with Crippen LogP contribution in [0.3, 0.4) is 0 Å². The number of nitrogens with one attached hydrogen (secondary N) is 1. The molecular weight excluding hydrogens is 210 g/mol. The van der Waals surface area contributed by atoms with E-state index < -0.39 is 23.4 Å². The van der Waals surface area contributed by atoms with Crippen molar-refractivity contribution in [2.24, 2.45) is 11.8 Å². The van der Waals surface area contributed by atoms with Crippen molar-refractivity contribution in [1.82, 2.24) is 5.32 Å². The van der Waals surface area contributed by atoms with Gasteiger partial charge in [0, 0.05) is 6.54 Å². The summed E-state index contributed by atoms with van der Waals surface area (Å²) in [5.74, 6) is -2.52. The zero-order chi connectivity index (χ0) is 12.9. The van der Waals surface area contributed by atoms with Gasteiger partial charge in [0.2, 0.25) is 5.91 Å². The monoisotopic (exact) mass is 231 g/mol. The number of aliphatic carboxylic acids is 1. The van der Waals surface area contributed by atoms with Crippen LogP contribution in [0.15, 0.2) is 0 Å². The predicted molar refractivity (Wildman–Crippen MR) is 59.9 cm³/mol. The summed E-state index contributed by atoms with van der Waals surface area (Å²) in [5.41, 5.74) is -0.998. The summed E-state index contributed by atoms with van der Waals surface area (Å²) in [4.78, 5) is 21.8. The first-order valence-corrected chi connectivity index (χ1v) is 5.38. The number of hydrogen-bond donors (Lipinski definition) is 3. The van der Waals surface area contributed by atoms with Gasteiger partial charge in [0.25, 0.3) is 0 Å². The standard InChI is InChI=1S/C11H21NO4/c1-7(2)5-11(4,16)6-12-9(13)8(3)10(14)15/h7-8,16H,5-6H2,1-4H3,(H,12,13)(H,14,15). The number of rotatable bonds is 6. The normalized spacial score (nSPS) is 16.6. The Morgan fingerprint density at radius 1 is 1.31 bits per heavy atom. The molecule has 0 heterocycles. The van der Waals surface area contributed by atoms with Crippen LogP contribution >= 0.6 is 0 Å². The average molecular weight is 231 g/mol. The van der Waals surface area contributed by atoms with Crippen LogP contribution in [-0.4, -0.2) is 34.2 Å². The smallest absolute Gasteiger partial charge is 0.315 e. The molecule has 5 nitrogen and oxygen atoms in total. The third-order valence-corrected chi connectivity index (χ3v) is 2.26. The lowest BCUT2D eigenvalue weighted by molar-refractivity contribution is -0.146. The first kappa shape index (κ1) is 14.9. The SMILES string of the molecule is CC(C)CC(C)(O)CNC(=O)C(C)C(=O)O. The van der Waals surface area contributed by atoms with E-state index in [1.165, 1.54) is 6.92 Å². The molecular formula is C11H21NO4. The highest BCUT2D eigenvalue weighted by Gasteiger charge is 2.25. The molecule has 2 unspecified atom stereocenters. The fraction of sp³-hybridized carbons (Fsp3) is 0.818. The van der Waals surface area contributed by atoms with Crippen LogP contribution < -0.4 is 5.32 Å². The van der Waals surface area contributed by atoms with E-state index in [4.69, 9.17) is 5.11 Å². The molecule has 0 aliphatic carbocycles. The van der Waals surface area contributed by atoms with E-state index in [0.717, 1.165) is 0 Å². The van der Waals surface area contributed by atoms with Crippen molar-refractivity contribution in [3.63, 3.8) is 0 Å². The van der Waals surface area contributed by atoms with Crippen LogP contribution in [0.1, 0.15) is 34.1 Å². The number of carbonyl (C=O) groups excluding carboxylic acids is 1. The van der Waals surface area contributed by atoms with Gasteiger partial charge in [-0.1, -0.05) is 13.8 Å². The lowest BCUT2D eigenvalue weighted by atomic mass is 9.94. The highest BCUT2D eigenvalue weighted by molar-refractivity contribution is 5.96. The fourth-order valence-corrected chi connectivity index (χ4v) is 1.49. The van der Waals surface area contributed by atoms with E-state index in [1.54, 1.807) is 6.92 Å². The number of carboxylic acids is 1. The van der Waals surface area contributed by atoms with Crippen LogP contribution in [0.5, 0.6) is 0 Å². The van der Waals surface area contributed by atoms with E-state index in [2.05, 4.69) is 5.32 Å². The van der Waals surface area contributed by atoms with Gasteiger partial charge in [-0.15, -0.1) is 0 Å². The van der Waals surface area contributed by atoms with Gasteiger partial charge in [-0.05, 0) is 26.2 Å². The number of hydrogen-bond acceptors (Lipinski definition) is 3. The molecule has 94 valence electrons. The van der Waals surface area contributed by atoms with Crippen molar-refractivity contribution in [2.45, 2.75) is 39.7 Å². The maximum atomic E-state index is 11.3. The molecule has 0 bridgehead atoms. The molecule has 0 aromatic rings. The van der Waals surface area contributed by atoms with Gasteiger partial charge in [-0.2, -0.15) is 0 Å². The molecule has 0 rings (SSSR count). The number of carbonyl (C=O) groups is 2. The Balaban J connectivity index is 4.14. The van der Waals surface area contributed by atoms with Crippen molar-refractivity contribution in [3.8, 4) is 0 Å². The highest BCUT2D eigenvalue weighted by atomic mass is 16.4. The zero-order valence-corrected chi connectivity index (χ0v) is 10.3. The van der Waals surface area contributed by atoms with E-state index in [9.17, 15) is 14.7 Å². The number of amides is 1. The van der Waals surface area contributed by atoms with Crippen LogP contribution in [0.4, 0.5) is 0 Å². The van der Waals surface area contributed by atoms with Crippen molar-refractivity contribution in [1.29, 1.82) is 0 Å². The first-order chi connectivity index (χ1) is 7.15. The number of aliphatic hydroxyl groups is 1.